The molecule has 0 bridgehead atoms. The minimum Gasteiger partial charge on any atom is -0.267 e. The first-order valence-corrected chi connectivity index (χ1v) is 11.4. The summed E-state index contributed by atoms with van der Waals surface area (Å²) >= 11 is 8.13. The highest BCUT2D eigenvalue weighted by Crippen LogP contribution is 2.21. The third-order valence-corrected chi connectivity index (χ3v) is 6.13. The molecule has 5 nitrogen and oxygen atoms in total. The van der Waals surface area contributed by atoms with Gasteiger partial charge in [-0.05, 0) is 71.5 Å². The largest absolute Gasteiger partial charge is 0.272 e. The number of nitrogens with one attached hydrogen (secondary N) is 2. The van der Waals surface area contributed by atoms with Crippen LogP contribution in [0.15, 0.2) is 72.9 Å². The zero-order valence-electron chi connectivity index (χ0n) is 17.4. The molecule has 33 heavy (non-hydrogen) atoms. The van der Waals surface area contributed by atoms with Gasteiger partial charge in [-0.15, -0.1) is 0 Å². The second kappa shape index (κ2) is 10.0. The molecular weight excluding hydrogens is 549 g/mol. The van der Waals surface area contributed by atoms with Crippen LogP contribution >= 0.6 is 34.2 Å². The molecule has 0 saturated heterocycles. The summed E-state index contributed by atoms with van der Waals surface area (Å²) in [6.07, 6.45) is 1.73. The number of hydrogen-bond acceptors (Lipinski definition) is 3. The SMILES string of the molecule is Cc1ccc(C(=O)NNC(=O)c2c(Cl)cccc2I)cc1C#Cc1cnc2ccccc2c1. The number of halogens is 2. The molecule has 7 heteroatoms. The van der Waals surface area contributed by atoms with Gasteiger partial charge < -0.3 is 0 Å². The molecule has 0 atom stereocenters. The van der Waals surface area contributed by atoms with Crippen LogP contribution in [-0.4, -0.2) is 16.8 Å². The van der Waals surface area contributed by atoms with Crippen LogP contribution in [0, 0.1) is 22.3 Å². The van der Waals surface area contributed by atoms with Gasteiger partial charge in [0.1, 0.15) is 0 Å². The molecule has 1 heterocycles. The lowest BCUT2D eigenvalue weighted by molar-refractivity contribution is 0.0846. The van der Waals surface area contributed by atoms with Crippen LogP contribution in [-0.2, 0) is 0 Å². The van der Waals surface area contributed by atoms with Crippen LogP contribution in [0.4, 0.5) is 0 Å². The van der Waals surface area contributed by atoms with Gasteiger partial charge in [-0.2, -0.15) is 0 Å². The summed E-state index contributed by atoms with van der Waals surface area (Å²) in [5.74, 6) is 5.28. The summed E-state index contributed by atoms with van der Waals surface area (Å²) in [6, 6.07) is 20.1. The molecule has 0 spiro atoms. The van der Waals surface area contributed by atoms with Crippen LogP contribution < -0.4 is 10.9 Å². The summed E-state index contributed by atoms with van der Waals surface area (Å²) < 4.78 is 0.683. The van der Waals surface area contributed by atoms with Crippen molar-refractivity contribution in [3.8, 4) is 11.8 Å². The van der Waals surface area contributed by atoms with Crippen molar-refractivity contribution in [1.29, 1.82) is 0 Å². The molecule has 4 rings (SSSR count). The fraction of sp³-hybridized carbons (Fsp3) is 0.0385. The lowest BCUT2D eigenvalue weighted by Gasteiger charge is -2.10. The number of rotatable bonds is 2. The number of benzene rings is 3. The summed E-state index contributed by atoms with van der Waals surface area (Å²) in [5, 5.41) is 1.32. The van der Waals surface area contributed by atoms with E-state index in [2.05, 4.69) is 27.7 Å². The van der Waals surface area contributed by atoms with Gasteiger partial charge >= 0.3 is 0 Å². The zero-order chi connectivity index (χ0) is 23.4. The van der Waals surface area contributed by atoms with E-state index in [-0.39, 0.29) is 0 Å². The first kappa shape index (κ1) is 22.8. The highest BCUT2D eigenvalue weighted by atomic mass is 127. The predicted octanol–water partition coefficient (Wildman–Crippen LogP) is 5.28. The molecule has 1 aromatic heterocycles. The van der Waals surface area contributed by atoms with E-state index in [1.165, 1.54) is 0 Å². The number of nitrogens with zero attached hydrogens (tertiary/aromatic N) is 1. The maximum atomic E-state index is 12.6. The van der Waals surface area contributed by atoms with Gasteiger partial charge in [0.25, 0.3) is 11.8 Å². The normalized spacial score (nSPS) is 10.3. The molecule has 0 aliphatic heterocycles. The van der Waals surface area contributed by atoms with Gasteiger partial charge in [-0.25, -0.2) is 0 Å². The van der Waals surface area contributed by atoms with Gasteiger partial charge in [-0.1, -0.05) is 53.8 Å². The molecule has 162 valence electrons. The van der Waals surface area contributed by atoms with Crippen LogP contribution in [0.3, 0.4) is 0 Å². The zero-order valence-corrected chi connectivity index (χ0v) is 20.4. The molecule has 0 radical (unpaired) electrons. The summed E-state index contributed by atoms with van der Waals surface area (Å²) in [4.78, 5) is 29.5. The lowest BCUT2D eigenvalue weighted by atomic mass is 10.0. The fourth-order valence-electron chi connectivity index (χ4n) is 3.14. The standard InChI is InChI=1S/C26H17ClIN3O2/c1-16-9-11-20(25(32)30-31-26(33)24-21(27)6-4-7-22(24)28)14-18(16)12-10-17-13-19-5-2-3-8-23(19)29-15-17/h2-9,11,13-15H,1H3,(H,30,32)(H,31,33). The van der Waals surface area contributed by atoms with E-state index in [0.29, 0.717) is 25.3 Å². The molecule has 2 N–H and O–H groups in total. The Morgan fingerprint density at radius 3 is 2.55 bits per heavy atom. The number of fused-ring (bicyclic) bond motifs is 1. The van der Waals surface area contributed by atoms with Crippen LogP contribution in [0.1, 0.15) is 37.4 Å². The van der Waals surface area contributed by atoms with E-state index in [1.807, 2.05) is 65.9 Å². The van der Waals surface area contributed by atoms with Crippen LogP contribution in [0.5, 0.6) is 0 Å². The topological polar surface area (TPSA) is 71.1 Å². The molecular formula is C26H17ClIN3O2. The number of hydrogen-bond donors (Lipinski definition) is 2. The highest BCUT2D eigenvalue weighted by molar-refractivity contribution is 14.1. The minimum absolute atomic E-state index is 0.305. The third-order valence-electron chi connectivity index (χ3n) is 4.91. The van der Waals surface area contributed by atoms with Gasteiger partial charge in [-0.3, -0.25) is 25.4 Å². The number of para-hydroxylation sites is 1. The van der Waals surface area contributed by atoms with Crippen LogP contribution in [0.2, 0.25) is 5.02 Å². The van der Waals surface area contributed by atoms with E-state index in [0.717, 1.165) is 22.0 Å². The van der Waals surface area contributed by atoms with E-state index in [4.69, 9.17) is 11.6 Å². The number of hydrazine groups is 1. The van der Waals surface area contributed by atoms with E-state index >= 15 is 0 Å². The first-order valence-electron chi connectivity index (χ1n) is 9.94. The maximum Gasteiger partial charge on any atom is 0.272 e. The van der Waals surface area contributed by atoms with E-state index < -0.39 is 11.8 Å². The summed E-state index contributed by atoms with van der Waals surface area (Å²) in [6.45, 7) is 1.92. The molecule has 2 amide bonds. The number of carbonyl (C=O) groups is 2. The van der Waals surface area contributed by atoms with Crippen molar-refractivity contribution in [1.82, 2.24) is 15.8 Å². The molecule has 4 aromatic rings. The van der Waals surface area contributed by atoms with E-state index in [9.17, 15) is 9.59 Å². The lowest BCUT2D eigenvalue weighted by Crippen LogP contribution is -2.42. The maximum absolute atomic E-state index is 12.6. The predicted molar refractivity (Wildman–Crippen MR) is 138 cm³/mol. The average molecular weight is 566 g/mol. The van der Waals surface area contributed by atoms with Crippen molar-refractivity contribution in [3.63, 3.8) is 0 Å². The molecule has 0 saturated carbocycles. The van der Waals surface area contributed by atoms with Crippen LogP contribution in [0.25, 0.3) is 10.9 Å². The van der Waals surface area contributed by atoms with Gasteiger partial charge in [0.05, 0.1) is 16.1 Å². The Bertz CT molecular complexity index is 1440. The van der Waals surface area contributed by atoms with Crippen molar-refractivity contribution in [2.75, 3.05) is 0 Å². The minimum atomic E-state index is -0.491. The highest BCUT2D eigenvalue weighted by Gasteiger charge is 2.15. The number of aromatic nitrogens is 1. The van der Waals surface area contributed by atoms with Gasteiger partial charge in [0.15, 0.2) is 0 Å². The Kier molecular flexibility index (Phi) is 6.92. The summed E-state index contributed by atoms with van der Waals surface area (Å²) in [7, 11) is 0. The number of aryl methyl sites for hydroxylation is 1. The van der Waals surface area contributed by atoms with E-state index in [1.54, 1.807) is 36.5 Å². The molecule has 0 fully saturated rings. The Labute approximate surface area is 209 Å². The number of carbonyl (C=O) groups excluding carboxylic acids is 2. The number of amides is 2. The fourth-order valence-corrected chi connectivity index (χ4v) is 4.30. The molecule has 0 aliphatic rings. The van der Waals surface area contributed by atoms with Crippen molar-refractivity contribution in [2.45, 2.75) is 6.92 Å². The van der Waals surface area contributed by atoms with Crippen molar-refractivity contribution in [2.24, 2.45) is 0 Å². The molecule has 0 unspecified atom stereocenters. The molecule has 0 aliphatic carbocycles. The van der Waals surface area contributed by atoms with Crippen molar-refractivity contribution >= 4 is 56.9 Å². The van der Waals surface area contributed by atoms with Crippen molar-refractivity contribution < 1.29 is 9.59 Å². The first-order chi connectivity index (χ1) is 15.9. The third kappa shape index (κ3) is 5.33. The number of pyridine rings is 1. The monoisotopic (exact) mass is 565 g/mol. The second-order valence-corrected chi connectivity index (χ2v) is 8.77. The Hall–Kier alpha value is -3.41. The Balaban J connectivity index is 1.50. The quantitative estimate of drug-likeness (QED) is 0.198. The Morgan fingerprint density at radius 1 is 0.939 bits per heavy atom. The molecule has 3 aromatic carbocycles. The summed E-state index contributed by atoms with van der Waals surface area (Å²) in [5.41, 5.74) is 8.86. The Morgan fingerprint density at radius 2 is 1.73 bits per heavy atom. The second-order valence-electron chi connectivity index (χ2n) is 7.20. The smallest absolute Gasteiger partial charge is 0.267 e. The van der Waals surface area contributed by atoms with Crippen molar-refractivity contribution in [3.05, 3.63) is 109 Å². The van der Waals surface area contributed by atoms with Gasteiger partial charge in [0, 0.05) is 31.8 Å². The van der Waals surface area contributed by atoms with Gasteiger partial charge in [0.2, 0.25) is 0 Å². The average Bonchev–Trinajstić information content (AvgIpc) is 2.81.